The third-order valence-corrected chi connectivity index (χ3v) is 6.79. The molecule has 0 aliphatic heterocycles. The molecule has 146 valence electrons. The molecule has 0 bridgehead atoms. The van der Waals surface area contributed by atoms with Gasteiger partial charge in [-0.05, 0) is 61.5 Å². The summed E-state index contributed by atoms with van der Waals surface area (Å²) in [5, 5.41) is 10.8. The molecule has 0 atom stereocenters. The minimum absolute atomic E-state index is 0.155. The molecule has 1 N–H and O–H groups in total. The van der Waals surface area contributed by atoms with E-state index >= 15 is 0 Å². The molecule has 0 aromatic heterocycles. The highest BCUT2D eigenvalue weighted by Gasteiger charge is 2.43. The molecular weight excluding hydrogens is 330 g/mol. The van der Waals surface area contributed by atoms with Crippen molar-refractivity contribution in [3.05, 3.63) is 35.4 Å². The van der Waals surface area contributed by atoms with E-state index in [4.69, 9.17) is 0 Å². The molecule has 1 aromatic carbocycles. The Hall–Kier alpha value is -0.960. The lowest BCUT2D eigenvalue weighted by Gasteiger charge is -2.36. The topological polar surface area (TPSA) is 20.2 Å². The Morgan fingerprint density at radius 1 is 0.923 bits per heavy atom. The number of hydrogen-bond acceptors (Lipinski definition) is 1. The van der Waals surface area contributed by atoms with E-state index in [1.54, 1.807) is 0 Å². The zero-order valence-electron chi connectivity index (χ0n) is 16.2. The van der Waals surface area contributed by atoms with Crippen LogP contribution in [0.5, 0.6) is 0 Å². The highest BCUT2D eigenvalue weighted by Crippen LogP contribution is 2.44. The molecule has 1 aromatic rings. The van der Waals surface area contributed by atoms with Crippen molar-refractivity contribution < 1.29 is 13.9 Å². The molecule has 2 aliphatic carbocycles. The zero-order valence-corrected chi connectivity index (χ0v) is 16.2. The normalized spacial score (nSPS) is 28.0. The van der Waals surface area contributed by atoms with E-state index in [9.17, 15) is 13.9 Å². The minimum Gasteiger partial charge on any atom is -0.385 e. The van der Waals surface area contributed by atoms with Gasteiger partial charge in [-0.3, -0.25) is 0 Å². The van der Waals surface area contributed by atoms with Gasteiger partial charge in [-0.2, -0.15) is 0 Å². The van der Waals surface area contributed by atoms with E-state index in [-0.39, 0.29) is 25.7 Å². The average Bonchev–Trinajstić information content (AvgIpc) is 2.65. The fourth-order valence-electron chi connectivity index (χ4n) is 4.85. The van der Waals surface area contributed by atoms with Crippen LogP contribution in [0.15, 0.2) is 24.3 Å². The number of alkyl halides is 2. The Morgan fingerprint density at radius 2 is 1.54 bits per heavy atom. The number of unbranched alkanes of at least 4 members (excludes halogenated alkanes) is 2. The van der Waals surface area contributed by atoms with Gasteiger partial charge in [0.15, 0.2) is 0 Å². The van der Waals surface area contributed by atoms with Crippen LogP contribution in [-0.4, -0.2) is 11.0 Å². The maximum absolute atomic E-state index is 13.4. The van der Waals surface area contributed by atoms with Gasteiger partial charge in [0.1, 0.15) is 0 Å². The SMILES string of the molecule is CCCCCC1CCC(c2ccc(C3(O)CCC(F)(F)CC3)cc2)CC1. The van der Waals surface area contributed by atoms with Gasteiger partial charge >= 0.3 is 0 Å². The predicted octanol–water partition coefficient (Wildman–Crippen LogP) is 6.94. The maximum Gasteiger partial charge on any atom is 0.248 e. The van der Waals surface area contributed by atoms with Gasteiger partial charge in [0.25, 0.3) is 0 Å². The zero-order chi connectivity index (χ0) is 18.6. The second kappa shape index (κ2) is 8.37. The summed E-state index contributed by atoms with van der Waals surface area (Å²) < 4.78 is 26.8. The van der Waals surface area contributed by atoms with Gasteiger partial charge in [0, 0.05) is 12.8 Å². The average molecular weight is 365 g/mol. The predicted molar refractivity (Wildman–Crippen MR) is 103 cm³/mol. The third kappa shape index (κ3) is 4.85. The minimum atomic E-state index is -2.61. The van der Waals surface area contributed by atoms with Crippen LogP contribution in [0.25, 0.3) is 0 Å². The molecule has 0 heterocycles. The highest BCUT2D eigenvalue weighted by atomic mass is 19.3. The molecule has 2 saturated carbocycles. The Morgan fingerprint density at radius 3 is 2.12 bits per heavy atom. The Balaban J connectivity index is 1.54. The van der Waals surface area contributed by atoms with Crippen LogP contribution in [-0.2, 0) is 5.60 Å². The van der Waals surface area contributed by atoms with E-state index in [1.165, 1.54) is 56.9 Å². The van der Waals surface area contributed by atoms with Crippen molar-refractivity contribution in [2.75, 3.05) is 0 Å². The molecule has 0 spiro atoms. The Bertz CT molecular complexity index is 548. The van der Waals surface area contributed by atoms with Gasteiger partial charge in [-0.15, -0.1) is 0 Å². The molecule has 2 aliphatic rings. The van der Waals surface area contributed by atoms with Crippen LogP contribution < -0.4 is 0 Å². The van der Waals surface area contributed by atoms with Crippen molar-refractivity contribution in [1.82, 2.24) is 0 Å². The lowest BCUT2D eigenvalue weighted by molar-refractivity contribution is -0.107. The van der Waals surface area contributed by atoms with Crippen LogP contribution in [0.4, 0.5) is 8.78 Å². The fourth-order valence-corrected chi connectivity index (χ4v) is 4.85. The summed E-state index contributed by atoms with van der Waals surface area (Å²) in [6.45, 7) is 2.26. The molecular formula is C23H34F2O. The van der Waals surface area contributed by atoms with Gasteiger partial charge in [-0.1, -0.05) is 56.9 Å². The molecule has 0 amide bonds. The second-order valence-corrected chi connectivity index (χ2v) is 8.72. The van der Waals surface area contributed by atoms with Crippen molar-refractivity contribution in [2.24, 2.45) is 5.92 Å². The molecule has 0 unspecified atom stereocenters. The van der Waals surface area contributed by atoms with E-state index in [0.29, 0.717) is 5.92 Å². The quantitative estimate of drug-likeness (QED) is 0.542. The largest absolute Gasteiger partial charge is 0.385 e. The summed E-state index contributed by atoms with van der Waals surface area (Å²) in [5.74, 6) is -1.08. The first-order chi connectivity index (χ1) is 12.4. The summed E-state index contributed by atoms with van der Waals surface area (Å²) >= 11 is 0. The van der Waals surface area contributed by atoms with E-state index in [0.717, 1.165) is 11.5 Å². The van der Waals surface area contributed by atoms with Crippen molar-refractivity contribution in [3.63, 3.8) is 0 Å². The number of benzene rings is 1. The number of aliphatic hydroxyl groups is 1. The van der Waals surface area contributed by atoms with Gasteiger partial charge in [0.2, 0.25) is 5.92 Å². The first kappa shape index (κ1) is 19.8. The number of rotatable bonds is 6. The summed E-state index contributed by atoms with van der Waals surface area (Å²) in [5.41, 5.74) is 1.09. The Labute approximate surface area is 157 Å². The Kier molecular flexibility index (Phi) is 6.37. The molecule has 3 heteroatoms. The van der Waals surface area contributed by atoms with Crippen LogP contribution in [0.2, 0.25) is 0 Å². The van der Waals surface area contributed by atoms with Gasteiger partial charge in [-0.25, -0.2) is 8.78 Å². The van der Waals surface area contributed by atoms with Crippen molar-refractivity contribution in [2.45, 2.75) is 101 Å². The maximum atomic E-state index is 13.4. The van der Waals surface area contributed by atoms with Crippen molar-refractivity contribution in [1.29, 1.82) is 0 Å². The number of hydrogen-bond donors (Lipinski definition) is 1. The van der Waals surface area contributed by atoms with Crippen LogP contribution in [0.1, 0.15) is 101 Å². The van der Waals surface area contributed by atoms with Crippen molar-refractivity contribution >= 4 is 0 Å². The molecule has 0 saturated heterocycles. The van der Waals surface area contributed by atoms with Crippen LogP contribution in [0.3, 0.4) is 0 Å². The lowest BCUT2D eigenvalue weighted by atomic mass is 9.75. The molecule has 0 radical (unpaired) electrons. The molecule has 3 rings (SSSR count). The monoisotopic (exact) mass is 364 g/mol. The lowest BCUT2D eigenvalue weighted by Crippen LogP contribution is -2.36. The first-order valence-corrected chi connectivity index (χ1v) is 10.6. The smallest absolute Gasteiger partial charge is 0.248 e. The summed E-state index contributed by atoms with van der Waals surface area (Å²) in [7, 11) is 0. The van der Waals surface area contributed by atoms with Crippen LogP contribution >= 0.6 is 0 Å². The third-order valence-electron chi connectivity index (χ3n) is 6.79. The summed E-state index contributed by atoms with van der Waals surface area (Å²) in [4.78, 5) is 0. The molecule has 26 heavy (non-hydrogen) atoms. The van der Waals surface area contributed by atoms with Gasteiger partial charge < -0.3 is 5.11 Å². The highest BCUT2D eigenvalue weighted by molar-refractivity contribution is 5.30. The number of halogens is 2. The second-order valence-electron chi connectivity index (χ2n) is 8.72. The van der Waals surface area contributed by atoms with E-state index < -0.39 is 11.5 Å². The van der Waals surface area contributed by atoms with E-state index in [2.05, 4.69) is 19.1 Å². The fraction of sp³-hybridized carbons (Fsp3) is 0.739. The molecule has 2 fully saturated rings. The standard InChI is InChI=1S/C23H34F2O/c1-2-3-4-5-18-6-8-19(9-7-18)20-10-12-21(13-11-20)22(26)14-16-23(24,25)17-15-22/h10-13,18-19,26H,2-9,14-17H2,1H3. The summed E-state index contributed by atoms with van der Waals surface area (Å²) in [6.07, 6.45) is 10.5. The van der Waals surface area contributed by atoms with Crippen molar-refractivity contribution in [3.8, 4) is 0 Å². The molecule has 1 nitrogen and oxygen atoms in total. The first-order valence-electron chi connectivity index (χ1n) is 10.6. The van der Waals surface area contributed by atoms with Gasteiger partial charge in [0.05, 0.1) is 5.60 Å². The van der Waals surface area contributed by atoms with E-state index in [1.807, 2.05) is 12.1 Å². The summed E-state index contributed by atoms with van der Waals surface area (Å²) in [6, 6.07) is 8.21. The van der Waals surface area contributed by atoms with Crippen LogP contribution in [0, 0.1) is 5.92 Å².